The van der Waals surface area contributed by atoms with Crippen molar-refractivity contribution in [3.63, 3.8) is 0 Å². The minimum atomic E-state index is -0.578. The summed E-state index contributed by atoms with van der Waals surface area (Å²) < 4.78 is 0. The molecular formula is C13H20ClN3O. The Kier molecular flexibility index (Phi) is 4.10. The lowest BCUT2D eigenvalue weighted by atomic mass is 10.1. The maximum absolute atomic E-state index is 9.94. The molecule has 2 N–H and O–H groups in total. The Bertz CT molecular complexity index is 423. The predicted octanol–water partition coefficient (Wildman–Crippen LogP) is 2.12. The lowest BCUT2D eigenvalue weighted by Crippen LogP contribution is -2.29. The summed E-state index contributed by atoms with van der Waals surface area (Å²) in [7, 11) is 0. The van der Waals surface area contributed by atoms with Crippen LogP contribution in [-0.2, 0) is 6.54 Å². The van der Waals surface area contributed by atoms with Gasteiger partial charge in [0.05, 0.1) is 16.3 Å². The van der Waals surface area contributed by atoms with E-state index in [4.69, 9.17) is 11.6 Å². The first-order chi connectivity index (χ1) is 8.50. The van der Waals surface area contributed by atoms with Gasteiger partial charge >= 0.3 is 0 Å². The van der Waals surface area contributed by atoms with Crippen LogP contribution in [0.25, 0.3) is 0 Å². The van der Waals surface area contributed by atoms with E-state index in [1.165, 1.54) is 0 Å². The van der Waals surface area contributed by atoms with Crippen molar-refractivity contribution >= 4 is 17.4 Å². The number of β-amino-alcohol motifs (C(OH)–C–C–N with tert-alkyl or cyclic N) is 1. The Balaban J connectivity index is 2.06. The molecule has 18 heavy (non-hydrogen) atoms. The average molecular weight is 270 g/mol. The van der Waals surface area contributed by atoms with Gasteiger partial charge in [0.1, 0.15) is 5.82 Å². The fraction of sp³-hybridized carbons (Fsp3) is 0.615. The summed E-state index contributed by atoms with van der Waals surface area (Å²) in [6, 6.07) is 3.76. The van der Waals surface area contributed by atoms with Crippen LogP contribution < -0.4 is 5.32 Å². The van der Waals surface area contributed by atoms with E-state index >= 15 is 0 Å². The molecule has 0 aromatic carbocycles. The molecule has 1 aliphatic rings. The van der Waals surface area contributed by atoms with Crippen molar-refractivity contribution in [1.82, 2.24) is 9.88 Å². The van der Waals surface area contributed by atoms with Crippen molar-refractivity contribution in [2.45, 2.75) is 32.4 Å². The summed E-state index contributed by atoms with van der Waals surface area (Å²) in [5.41, 5.74) is 0.291. The molecule has 4 nitrogen and oxygen atoms in total. The van der Waals surface area contributed by atoms with E-state index in [1.807, 2.05) is 26.0 Å². The second-order valence-corrected chi connectivity index (χ2v) is 5.52. The van der Waals surface area contributed by atoms with Gasteiger partial charge in [-0.15, -0.1) is 0 Å². The number of aliphatic hydroxyl groups is 1. The van der Waals surface area contributed by atoms with Crippen LogP contribution >= 0.6 is 11.6 Å². The third-order valence-electron chi connectivity index (χ3n) is 3.18. The lowest BCUT2D eigenvalue weighted by Gasteiger charge is -2.19. The van der Waals surface area contributed by atoms with Gasteiger partial charge in [-0.05, 0) is 32.4 Å². The van der Waals surface area contributed by atoms with Crippen molar-refractivity contribution in [3.05, 3.63) is 22.8 Å². The molecular weight excluding hydrogens is 250 g/mol. The second-order valence-electron chi connectivity index (χ2n) is 5.11. The highest BCUT2D eigenvalue weighted by Gasteiger charge is 2.31. The number of pyridine rings is 1. The van der Waals surface area contributed by atoms with Crippen LogP contribution in [0.1, 0.15) is 26.0 Å². The minimum absolute atomic E-state index is 0.578. The van der Waals surface area contributed by atoms with Gasteiger partial charge in [0.25, 0.3) is 0 Å². The van der Waals surface area contributed by atoms with E-state index < -0.39 is 5.60 Å². The van der Waals surface area contributed by atoms with Gasteiger partial charge in [-0.1, -0.05) is 11.6 Å². The third kappa shape index (κ3) is 3.34. The summed E-state index contributed by atoms with van der Waals surface area (Å²) in [5, 5.41) is 13.8. The molecule has 2 rings (SSSR count). The van der Waals surface area contributed by atoms with Crippen LogP contribution in [0, 0.1) is 0 Å². The molecule has 5 heteroatoms. The van der Waals surface area contributed by atoms with E-state index in [0.717, 1.165) is 31.0 Å². The highest BCUT2D eigenvalue weighted by Crippen LogP contribution is 2.24. The first-order valence-corrected chi connectivity index (χ1v) is 6.72. The summed E-state index contributed by atoms with van der Waals surface area (Å²) >= 11 is 6.17. The number of halogens is 1. The van der Waals surface area contributed by atoms with Crippen molar-refractivity contribution in [3.8, 4) is 0 Å². The van der Waals surface area contributed by atoms with Gasteiger partial charge in [0.2, 0.25) is 0 Å². The maximum atomic E-state index is 9.94. The molecule has 0 saturated carbocycles. The SMILES string of the molecule is CCNc1ccc(Cl)c(CN2CCC(C)(O)C2)n1. The number of hydrogen-bond acceptors (Lipinski definition) is 4. The van der Waals surface area contributed by atoms with Crippen molar-refractivity contribution in [1.29, 1.82) is 0 Å². The number of aromatic nitrogens is 1. The van der Waals surface area contributed by atoms with Crippen molar-refractivity contribution < 1.29 is 5.11 Å². The fourth-order valence-corrected chi connectivity index (χ4v) is 2.43. The number of nitrogens with one attached hydrogen (secondary N) is 1. The largest absolute Gasteiger partial charge is 0.389 e. The Morgan fingerprint density at radius 1 is 1.56 bits per heavy atom. The monoisotopic (exact) mass is 269 g/mol. The normalized spacial score (nSPS) is 24.4. The van der Waals surface area contributed by atoms with E-state index in [-0.39, 0.29) is 0 Å². The molecule has 2 heterocycles. The second kappa shape index (κ2) is 5.43. The van der Waals surface area contributed by atoms with E-state index in [1.54, 1.807) is 0 Å². The van der Waals surface area contributed by atoms with Gasteiger partial charge in [-0.2, -0.15) is 0 Å². The quantitative estimate of drug-likeness (QED) is 0.879. The van der Waals surface area contributed by atoms with Gasteiger partial charge in [0, 0.05) is 26.2 Å². The van der Waals surface area contributed by atoms with Crippen LogP contribution in [0.3, 0.4) is 0 Å². The molecule has 1 aliphatic heterocycles. The van der Waals surface area contributed by atoms with Crippen LogP contribution in [0.4, 0.5) is 5.82 Å². The van der Waals surface area contributed by atoms with Crippen LogP contribution in [0.2, 0.25) is 5.02 Å². The summed E-state index contributed by atoms with van der Waals surface area (Å²) in [6.45, 7) is 7.00. The molecule has 0 bridgehead atoms. The highest BCUT2D eigenvalue weighted by atomic mass is 35.5. The molecule has 1 unspecified atom stereocenters. The van der Waals surface area contributed by atoms with Gasteiger partial charge in [-0.25, -0.2) is 4.98 Å². The lowest BCUT2D eigenvalue weighted by molar-refractivity contribution is 0.0677. The molecule has 0 radical (unpaired) electrons. The molecule has 100 valence electrons. The maximum Gasteiger partial charge on any atom is 0.126 e. The molecule has 0 spiro atoms. The molecule has 1 saturated heterocycles. The fourth-order valence-electron chi connectivity index (χ4n) is 2.26. The molecule has 1 atom stereocenters. The van der Waals surface area contributed by atoms with Crippen LogP contribution in [0.5, 0.6) is 0 Å². The highest BCUT2D eigenvalue weighted by molar-refractivity contribution is 6.31. The number of hydrogen-bond donors (Lipinski definition) is 2. The van der Waals surface area contributed by atoms with Gasteiger partial charge < -0.3 is 10.4 Å². The predicted molar refractivity (Wildman–Crippen MR) is 73.9 cm³/mol. The number of nitrogens with zero attached hydrogens (tertiary/aromatic N) is 2. The molecule has 1 aromatic rings. The van der Waals surface area contributed by atoms with Crippen molar-refractivity contribution in [2.24, 2.45) is 0 Å². The molecule has 0 amide bonds. The van der Waals surface area contributed by atoms with Crippen LogP contribution in [0.15, 0.2) is 12.1 Å². The minimum Gasteiger partial charge on any atom is -0.389 e. The zero-order chi connectivity index (χ0) is 13.2. The summed E-state index contributed by atoms with van der Waals surface area (Å²) in [5.74, 6) is 0.850. The number of likely N-dealkylation sites (tertiary alicyclic amines) is 1. The summed E-state index contributed by atoms with van der Waals surface area (Å²) in [6.07, 6.45) is 0.803. The first kappa shape index (κ1) is 13.6. The van der Waals surface area contributed by atoms with Gasteiger partial charge in [0.15, 0.2) is 0 Å². The molecule has 0 aliphatic carbocycles. The Morgan fingerprint density at radius 2 is 2.33 bits per heavy atom. The Labute approximate surface area is 113 Å². The molecule has 1 aromatic heterocycles. The number of rotatable bonds is 4. The van der Waals surface area contributed by atoms with E-state index in [2.05, 4.69) is 15.2 Å². The van der Waals surface area contributed by atoms with Crippen molar-refractivity contribution in [2.75, 3.05) is 25.0 Å². The van der Waals surface area contributed by atoms with Crippen LogP contribution in [-0.4, -0.2) is 40.2 Å². The molecule has 1 fully saturated rings. The average Bonchev–Trinajstić information content (AvgIpc) is 2.63. The zero-order valence-corrected chi connectivity index (χ0v) is 11.7. The topological polar surface area (TPSA) is 48.4 Å². The third-order valence-corrected chi connectivity index (χ3v) is 3.52. The number of anilines is 1. The standard InChI is InChI=1S/C13H20ClN3O/c1-3-15-12-5-4-10(14)11(16-12)8-17-7-6-13(2,18)9-17/h4-5,18H,3,6-9H2,1-2H3,(H,15,16). The zero-order valence-electron chi connectivity index (χ0n) is 10.9. The summed E-state index contributed by atoms with van der Waals surface area (Å²) in [4.78, 5) is 6.69. The Hall–Kier alpha value is -0.840. The Morgan fingerprint density at radius 3 is 2.94 bits per heavy atom. The van der Waals surface area contributed by atoms with Gasteiger partial charge in [-0.3, -0.25) is 4.90 Å². The van der Waals surface area contributed by atoms with E-state index in [0.29, 0.717) is 18.1 Å². The first-order valence-electron chi connectivity index (χ1n) is 6.34. The van der Waals surface area contributed by atoms with E-state index in [9.17, 15) is 5.11 Å². The smallest absolute Gasteiger partial charge is 0.126 e.